The molecule has 0 spiro atoms. The fourth-order valence-electron chi connectivity index (χ4n) is 3.83. The number of amides is 1. The van der Waals surface area contributed by atoms with Crippen LogP contribution < -0.4 is 11.1 Å². The Hall–Kier alpha value is -0.610. The molecular weight excluding hydrogens is 238 g/mol. The van der Waals surface area contributed by atoms with Gasteiger partial charge in [-0.25, -0.2) is 0 Å². The minimum atomic E-state index is 0.143. The molecule has 4 nitrogen and oxygen atoms in total. The Morgan fingerprint density at radius 2 is 2.05 bits per heavy atom. The highest BCUT2D eigenvalue weighted by Gasteiger charge is 2.38. The summed E-state index contributed by atoms with van der Waals surface area (Å²) in [5, 5.41) is 2.98. The van der Waals surface area contributed by atoms with Crippen LogP contribution in [0.2, 0.25) is 0 Å². The Labute approximate surface area is 117 Å². The third-order valence-electron chi connectivity index (χ3n) is 4.66. The Morgan fingerprint density at radius 1 is 1.32 bits per heavy atom. The molecule has 0 radical (unpaired) electrons. The van der Waals surface area contributed by atoms with E-state index in [1.807, 2.05) is 13.8 Å². The smallest absolute Gasteiger partial charge is 0.221 e. The lowest BCUT2D eigenvalue weighted by Gasteiger charge is -2.36. The second kappa shape index (κ2) is 6.71. The van der Waals surface area contributed by atoms with Gasteiger partial charge in [-0.3, -0.25) is 9.69 Å². The van der Waals surface area contributed by atoms with E-state index in [4.69, 9.17) is 5.73 Å². The van der Waals surface area contributed by atoms with Crippen molar-refractivity contribution in [2.24, 2.45) is 11.7 Å². The number of nitrogens with two attached hydrogens (primary N) is 1. The number of likely N-dealkylation sites (tertiary alicyclic amines) is 1. The first-order valence-corrected chi connectivity index (χ1v) is 7.87. The zero-order chi connectivity index (χ0) is 13.8. The maximum Gasteiger partial charge on any atom is 0.221 e. The first-order chi connectivity index (χ1) is 9.11. The zero-order valence-electron chi connectivity index (χ0n) is 12.4. The normalized spacial score (nSPS) is 29.3. The second-order valence-electron chi connectivity index (χ2n) is 6.45. The minimum absolute atomic E-state index is 0.143. The minimum Gasteiger partial charge on any atom is -0.354 e. The molecule has 1 saturated heterocycles. The fraction of sp³-hybridized carbons (Fsp3) is 0.933. The molecule has 1 heterocycles. The molecule has 2 rings (SSSR count). The zero-order valence-corrected chi connectivity index (χ0v) is 12.4. The molecule has 0 aromatic heterocycles. The van der Waals surface area contributed by atoms with Crippen molar-refractivity contribution in [3.05, 3.63) is 0 Å². The first-order valence-electron chi connectivity index (χ1n) is 7.87. The predicted molar refractivity (Wildman–Crippen MR) is 77.8 cm³/mol. The van der Waals surface area contributed by atoms with Crippen LogP contribution in [-0.4, -0.2) is 42.0 Å². The third kappa shape index (κ3) is 3.69. The van der Waals surface area contributed by atoms with Gasteiger partial charge in [-0.05, 0) is 45.6 Å². The summed E-state index contributed by atoms with van der Waals surface area (Å²) >= 11 is 0. The monoisotopic (exact) mass is 267 g/mol. The van der Waals surface area contributed by atoms with Crippen LogP contribution in [0.15, 0.2) is 0 Å². The molecule has 19 heavy (non-hydrogen) atoms. The topological polar surface area (TPSA) is 58.4 Å². The Morgan fingerprint density at radius 3 is 2.74 bits per heavy atom. The molecule has 0 aromatic rings. The Bertz CT molecular complexity index is 306. The Balaban J connectivity index is 1.92. The van der Waals surface area contributed by atoms with Crippen molar-refractivity contribution in [2.45, 2.75) is 70.5 Å². The van der Waals surface area contributed by atoms with Crippen LogP contribution in [0.5, 0.6) is 0 Å². The summed E-state index contributed by atoms with van der Waals surface area (Å²) in [6.45, 7) is 5.73. The molecule has 110 valence electrons. The molecule has 1 aliphatic heterocycles. The van der Waals surface area contributed by atoms with E-state index in [0.29, 0.717) is 19.0 Å². The van der Waals surface area contributed by atoms with E-state index < -0.39 is 0 Å². The third-order valence-corrected chi connectivity index (χ3v) is 4.66. The summed E-state index contributed by atoms with van der Waals surface area (Å²) in [4.78, 5) is 14.5. The van der Waals surface area contributed by atoms with Crippen molar-refractivity contribution in [2.75, 3.05) is 13.1 Å². The van der Waals surface area contributed by atoms with E-state index in [2.05, 4.69) is 10.2 Å². The van der Waals surface area contributed by atoms with Gasteiger partial charge >= 0.3 is 0 Å². The molecular formula is C15H29N3O. The highest BCUT2D eigenvalue weighted by molar-refractivity contribution is 5.76. The van der Waals surface area contributed by atoms with Gasteiger partial charge in [-0.2, -0.15) is 0 Å². The molecule has 1 saturated carbocycles. The number of nitrogens with zero attached hydrogens (tertiary/aromatic N) is 1. The number of hydrogen-bond donors (Lipinski definition) is 2. The van der Waals surface area contributed by atoms with Crippen molar-refractivity contribution in [1.82, 2.24) is 10.2 Å². The number of carbonyl (C=O) groups excluding carboxylic acids is 1. The predicted octanol–water partition coefficient (Wildman–Crippen LogP) is 1.49. The van der Waals surface area contributed by atoms with Crippen molar-refractivity contribution in [3.63, 3.8) is 0 Å². The molecule has 0 aromatic carbocycles. The lowest BCUT2D eigenvalue weighted by molar-refractivity contribution is -0.122. The Kier molecular flexibility index (Phi) is 5.22. The van der Waals surface area contributed by atoms with Gasteiger partial charge in [0.2, 0.25) is 5.91 Å². The molecule has 3 atom stereocenters. The highest BCUT2D eigenvalue weighted by atomic mass is 16.1. The van der Waals surface area contributed by atoms with E-state index in [1.54, 1.807) is 0 Å². The number of nitrogens with one attached hydrogen (secondary N) is 1. The van der Waals surface area contributed by atoms with Crippen LogP contribution in [0.25, 0.3) is 0 Å². The van der Waals surface area contributed by atoms with Crippen molar-refractivity contribution in [3.8, 4) is 0 Å². The van der Waals surface area contributed by atoms with Crippen LogP contribution in [0.1, 0.15) is 52.4 Å². The SMILES string of the molecule is CC(C)NC(=O)CC(CN)N1CCC2CCCCC21. The van der Waals surface area contributed by atoms with Crippen LogP contribution in [-0.2, 0) is 4.79 Å². The van der Waals surface area contributed by atoms with E-state index in [9.17, 15) is 4.79 Å². The fourth-order valence-corrected chi connectivity index (χ4v) is 3.83. The summed E-state index contributed by atoms with van der Waals surface area (Å²) in [7, 11) is 0. The number of fused-ring (bicyclic) bond motifs is 1. The summed E-state index contributed by atoms with van der Waals surface area (Å²) in [5.74, 6) is 1.00. The highest BCUT2D eigenvalue weighted by Crippen LogP contribution is 2.37. The molecule has 0 bridgehead atoms. The average Bonchev–Trinajstić information content (AvgIpc) is 2.79. The number of rotatable bonds is 5. The largest absolute Gasteiger partial charge is 0.354 e. The lowest BCUT2D eigenvalue weighted by Crippen LogP contribution is -2.48. The van der Waals surface area contributed by atoms with Gasteiger partial charge in [0, 0.05) is 31.1 Å². The molecule has 1 amide bonds. The second-order valence-corrected chi connectivity index (χ2v) is 6.45. The lowest BCUT2D eigenvalue weighted by atomic mass is 9.85. The van der Waals surface area contributed by atoms with E-state index in [-0.39, 0.29) is 18.0 Å². The van der Waals surface area contributed by atoms with Gasteiger partial charge in [-0.15, -0.1) is 0 Å². The molecule has 3 unspecified atom stereocenters. The summed E-state index contributed by atoms with van der Waals surface area (Å²) in [5.41, 5.74) is 5.93. The van der Waals surface area contributed by atoms with Gasteiger partial charge in [0.05, 0.1) is 0 Å². The first kappa shape index (κ1) is 14.8. The molecule has 2 aliphatic rings. The van der Waals surface area contributed by atoms with Gasteiger partial charge in [0.1, 0.15) is 0 Å². The maximum atomic E-state index is 11.9. The van der Waals surface area contributed by atoms with Gasteiger partial charge in [0.15, 0.2) is 0 Å². The van der Waals surface area contributed by atoms with Gasteiger partial charge in [0.25, 0.3) is 0 Å². The summed E-state index contributed by atoms with van der Waals surface area (Å²) < 4.78 is 0. The van der Waals surface area contributed by atoms with E-state index >= 15 is 0 Å². The quantitative estimate of drug-likeness (QED) is 0.793. The molecule has 2 fully saturated rings. The molecule has 1 aliphatic carbocycles. The van der Waals surface area contributed by atoms with Crippen molar-refractivity contribution in [1.29, 1.82) is 0 Å². The molecule has 3 N–H and O–H groups in total. The van der Waals surface area contributed by atoms with Crippen molar-refractivity contribution >= 4 is 5.91 Å². The van der Waals surface area contributed by atoms with Crippen molar-refractivity contribution < 1.29 is 4.79 Å². The van der Waals surface area contributed by atoms with E-state index in [0.717, 1.165) is 12.5 Å². The number of hydrogen-bond acceptors (Lipinski definition) is 3. The van der Waals surface area contributed by atoms with Crippen LogP contribution >= 0.6 is 0 Å². The van der Waals surface area contributed by atoms with Gasteiger partial charge < -0.3 is 11.1 Å². The standard InChI is InChI=1S/C15H29N3O/c1-11(2)17-15(19)9-13(10-16)18-8-7-12-5-3-4-6-14(12)18/h11-14H,3-10,16H2,1-2H3,(H,17,19). The van der Waals surface area contributed by atoms with Crippen LogP contribution in [0.4, 0.5) is 0 Å². The molecule has 4 heteroatoms. The number of carbonyl (C=O) groups is 1. The van der Waals surface area contributed by atoms with Crippen LogP contribution in [0, 0.1) is 5.92 Å². The summed E-state index contributed by atoms with van der Waals surface area (Å²) in [6.07, 6.45) is 7.25. The van der Waals surface area contributed by atoms with Gasteiger partial charge in [-0.1, -0.05) is 12.8 Å². The van der Waals surface area contributed by atoms with E-state index in [1.165, 1.54) is 32.1 Å². The average molecular weight is 267 g/mol. The maximum absolute atomic E-state index is 11.9. The summed E-state index contributed by atoms with van der Waals surface area (Å²) in [6, 6.07) is 1.13. The van der Waals surface area contributed by atoms with Crippen LogP contribution in [0.3, 0.4) is 0 Å².